The lowest BCUT2D eigenvalue weighted by atomic mass is 9.53. The summed E-state index contributed by atoms with van der Waals surface area (Å²) >= 11 is 0. The monoisotopic (exact) mass is 496 g/mol. The van der Waals surface area contributed by atoms with E-state index in [1.807, 2.05) is 0 Å². The fraction of sp³-hybridized carbons (Fsp3) is 0.440. The van der Waals surface area contributed by atoms with Gasteiger partial charge in [-0.1, -0.05) is 5.92 Å². The summed E-state index contributed by atoms with van der Waals surface area (Å²) in [7, 11) is 4.54. The number of nitrogens with zero attached hydrogens (tertiary/aromatic N) is 1. The summed E-state index contributed by atoms with van der Waals surface area (Å²) in [4.78, 5) is 77.6. The maximum Gasteiger partial charge on any atom is 0.384 e. The first-order valence-corrected chi connectivity index (χ1v) is 11.2. The van der Waals surface area contributed by atoms with E-state index in [2.05, 4.69) is 16.6 Å². The van der Waals surface area contributed by atoms with Crippen molar-refractivity contribution in [1.29, 1.82) is 0 Å². The number of benzene rings is 1. The minimum absolute atomic E-state index is 0.00141. The van der Waals surface area contributed by atoms with Crippen molar-refractivity contribution in [2.75, 3.05) is 26.1 Å². The van der Waals surface area contributed by atoms with Crippen molar-refractivity contribution in [3.8, 4) is 17.6 Å². The molecular formula is C25H24N2O9. The molecule has 2 fully saturated rings. The largest absolute Gasteiger partial charge is 0.506 e. The van der Waals surface area contributed by atoms with E-state index in [0.29, 0.717) is 11.3 Å². The zero-order valence-electron chi connectivity index (χ0n) is 19.8. The highest BCUT2D eigenvalue weighted by Gasteiger charge is 2.66. The molecule has 0 bridgehead atoms. The number of aromatic hydroxyl groups is 1. The standard InChI is InChI=1S/C25H24N2O9/c1-27(2)14-8-10(4-5-16(29)36-3)20(30)18-13(14)7-11-6-12-9-15(28)19(24(26)34)23(33)25(12,35)22(32)17(11)21(18)31/h8,11-12,17,19,30,35H,6-7,9H2,1-3H3,(H2,26,34)/t11-,12+,17?,19?,25+/m1/s1. The van der Waals surface area contributed by atoms with Gasteiger partial charge in [0.2, 0.25) is 5.91 Å². The van der Waals surface area contributed by atoms with Crippen LogP contribution in [0.4, 0.5) is 5.69 Å². The zero-order chi connectivity index (χ0) is 26.7. The predicted molar refractivity (Wildman–Crippen MR) is 122 cm³/mol. The third kappa shape index (κ3) is 3.48. The van der Waals surface area contributed by atoms with Crippen LogP contribution in [0.25, 0.3) is 0 Å². The van der Waals surface area contributed by atoms with E-state index in [1.54, 1.807) is 19.0 Å². The molecule has 0 saturated heterocycles. The number of carbonyl (C=O) groups is 6. The van der Waals surface area contributed by atoms with Gasteiger partial charge >= 0.3 is 5.97 Å². The number of aliphatic hydroxyl groups is 1. The molecule has 0 spiro atoms. The van der Waals surface area contributed by atoms with E-state index in [1.165, 1.54) is 6.07 Å². The van der Waals surface area contributed by atoms with Crippen LogP contribution in [0, 0.1) is 35.5 Å². The fourth-order valence-corrected chi connectivity index (χ4v) is 5.68. The number of ether oxygens (including phenoxy) is 1. The Labute approximate surface area is 205 Å². The third-order valence-corrected chi connectivity index (χ3v) is 7.35. The van der Waals surface area contributed by atoms with Gasteiger partial charge in [0.25, 0.3) is 0 Å². The van der Waals surface area contributed by atoms with Crippen molar-refractivity contribution < 1.29 is 43.7 Å². The number of esters is 1. The van der Waals surface area contributed by atoms with Gasteiger partial charge in [-0.25, -0.2) is 4.79 Å². The van der Waals surface area contributed by atoms with Crippen molar-refractivity contribution in [3.63, 3.8) is 0 Å². The predicted octanol–water partition coefficient (Wildman–Crippen LogP) is -1.08. The number of fused-ring (bicyclic) bond motifs is 3. The first-order chi connectivity index (χ1) is 16.8. The molecule has 4 N–H and O–H groups in total. The number of carbonyl (C=O) groups excluding carboxylic acids is 6. The first kappa shape index (κ1) is 25.1. The summed E-state index contributed by atoms with van der Waals surface area (Å²) in [6.07, 6.45) is -0.268. The highest BCUT2D eigenvalue weighted by Crippen LogP contribution is 2.51. The molecule has 5 atom stereocenters. The van der Waals surface area contributed by atoms with Crippen molar-refractivity contribution in [2.45, 2.75) is 24.9 Å². The van der Waals surface area contributed by atoms with Crippen LogP contribution in [-0.2, 0) is 35.1 Å². The number of hydrogen-bond donors (Lipinski definition) is 3. The molecule has 3 aliphatic rings. The number of phenolic OH excluding ortho intramolecular Hbond substituents is 1. The van der Waals surface area contributed by atoms with Crippen LogP contribution in [0.1, 0.15) is 34.3 Å². The van der Waals surface area contributed by atoms with E-state index in [-0.39, 0.29) is 24.0 Å². The summed E-state index contributed by atoms with van der Waals surface area (Å²) in [6, 6.07) is 1.50. The minimum atomic E-state index is -2.72. The molecule has 0 aromatic heterocycles. The van der Waals surface area contributed by atoms with E-state index in [9.17, 15) is 39.0 Å². The molecule has 11 nitrogen and oxygen atoms in total. The van der Waals surface area contributed by atoms with E-state index in [0.717, 1.165) is 7.11 Å². The van der Waals surface area contributed by atoms with Crippen LogP contribution < -0.4 is 10.6 Å². The van der Waals surface area contributed by atoms with Gasteiger partial charge < -0.3 is 25.6 Å². The number of anilines is 1. The van der Waals surface area contributed by atoms with Crippen molar-refractivity contribution in [2.24, 2.45) is 29.4 Å². The van der Waals surface area contributed by atoms with Gasteiger partial charge in [-0.15, -0.1) is 0 Å². The average Bonchev–Trinajstić information content (AvgIpc) is 2.80. The maximum absolute atomic E-state index is 13.7. The molecule has 1 aromatic carbocycles. The topological polar surface area (TPSA) is 181 Å². The number of phenols is 1. The third-order valence-electron chi connectivity index (χ3n) is 7.35. The molecule has 4 rings (SSSR count). The number of methoxy groups -OCH3 is 1. The second kappa shape index (κ2) is 8.57. The Morgan fingerprint density at radius 3 is 2.42 bits per heavy atom. The van der Waals surface area contributed by atoms with Gasteiger partial charge in [0.15, 0.2) is 34.7 Å². The van der Waals surface area contributed by atoms with E-state index < -0.39 is 76.5 Å². The first-order valence-electron chi connectivity index (χ1n) is 11.2. The highest BCUT2D eigenvalue weighted by molar-refractivity contribution is 6.31. The summed E-state index contributed by atoms with van der Waals surface area (Å²) < 4.78 is 4.48. The smallest absolute Gasteiger partial charge is 0.384 e. The SMILES string of the molecule is COC(=O)C#Cc1cc(N(C)C)c2c(c1O)C(=O)C1C(=O)[C@]3(O)C(=O)C(C(N)=O)C(=O)C[C@@H]3C[C@@H]1C2. The second-order valence-electron chi connectivity index (χ2n) is 9.52. The van der Waals surface area contributed by atoms with E-state index >= 15 is 0 Å². The number of amides is 1. The number of nitrogens with two attached hydrogens (primary N) is 1. The fourth-order valence-electron chi connectivity index (χ4n) is 5.68. The Morgan fingerprint density at radius 2 is 1.83 bits per heavy atom. The Kier molecular flexibility index (Phi) is 5.96. The molecule has 188 valence electrons. The molecule has 2 saturated carbocycles. The normalized spacial score (nSPS) is 28.8. The molecule has 3 aliphatic carbocycles. The van der Waals surface area contributed by atoms with Crippen molar-refractivity contribution >= 4 is 40.7 Å². The lowest BCUT2D eigenvalue weighted by molar-refractivity contribution is -0.175. The molecule has 0 heterocycles. The van der Waals surface area contributed by atoms with Crippen molar-refractivity contribution in [3.05, 3.63) is 22.8 Å². The lowest BCUT2D eigenvalue weighted by Crippen LogP contribution is -2.68. The Balaban J connectivity index is 1.86. The molecule has 0 aliphatic heterocycles. The van der Waals surface area contributed by atoms with Gasteiger partial charge in [0.1, 0.15) is 5.75 Å². The maximum atomic E-state index is 13.7. The lowest BCUT2D eigenvalue weighted by Gasteiger charge is -2.48. The quantitative estimate of drug-likeness (QED) is 0.259. The number of ketones is 4. The van der Waals surface area contributed by atoms with Gasteiger partial charge in [0.05, 0.1) is 24.2 Å². The van der Waals surface area contributed by atoms with E-state index in [4.69, 9.17) is 5.73 Å². The van der Waals surface area contributed by atoms with Gasteiger partial charge in [0, 0.05) is 38.0 Å². The van der Waals surface area contributed by atoms with Crippen LogP contribution in [-0.4, -0.2) is 72.0 Å². The van der Waals surface area contributed by atoms with Crippen LogP contribution in [0.3, 0.4) is 0 Å². The van der Waals surface area contributed by atoms with Gasteiger partial charge in [-0.05, 0) is 30.4 Å². The number of hydrogen-bond acceptors (Lipinski definition) is 10. The van der Waals surface area contributed by atoms with Crippen molar-refractivity contribution in [1.82, 2.24) is 0 Å². The molecular weight excluding hydrogens is 472 g/mol. The summed E-state index contributed by atoms with van der Waals surface area (Å²) in [6.45, 7) is 0. The molecule has 36 heavy (non-hydrogen) atoms. The molecule has 1 amide bonds. The summed E-state index contributed by atoms with van der Waals surface area (Å²) in [5, 5.41) is 22.2. The van der Waals surface area contributed by atoms with Crippen LogP contribution in [0.2, 0.25) is 0 Å². The number of primary amides is 1. The zero-order valence-corrected chi connectivity index (χ0v) is 19.8. The number of rotatable bonds is 2. The van der Waals surface area contributed by atoms with Crippen LogP contribution in [0.15, 0.2) is 6.07 Å². The molecule has 11 heteroatoms. The van der Waals surface area contributed by atoms with Gasteiger partial charge in [-0.2, -0.15) is 0 Å². The summed E-state index contributed by atoms with van der Waals surface area (Å²) in [5.74, 6) is -7.25. The summed E-state index contributed by atoms with van der Waals surface area (Å²) in [5.41, 5.74) is 3.17. The molecule has 2 unspecified atom stereocenters. The Bertz CT molecular complexity index is 1320. The second-order valence-corrected chi connectivity index (χ2v) is 9.52. The highest BCUT2D eigenvalue weighted by atomic mass is 16.5. The molecule has 1 aromatic rings. The average molecular weight is 496 g/mol. The molecule has 0 radical (unpaired) electrons. The number of Topliss-reactive ketones (excluding diaryl/α,β-unsaturated/α-hetero) is 4. The van der Waals surface area contributed by atoms with Crippen LogP contribution in [0.5, 0.6) is 5.75 Å². The minimum Gasteiger partial charge on any atom is -0.506 e. The van der Waals surface area contributed by atoms with Crippen LogP contribution >= 0.6 is 0 Å². The van der Waals surface area contributed by atoms with Gasteiger partial charge in [-0.3, -0.25) is 24.0 Å². The Morgan fingerprint density at radius 1 is 1.17 bits per heavy atom. The Hall–Kier alpha value is -4.04.